The first-order valence-corrected chi connectivity index (χ1v) is 7.59. The van der Waals surface area contributed by atoms with Gasteiger partial charge in [0.05, 0.1) is 18.4 Å². The van der Waals surface area contributed by atoms with Crippen LogP contribution >= 0.6 is 11.8 Å². The minimum Gasteiger partial charge on any atom is -0.497 e. The average Bonchev–Trinajstić information content (AvgIpc) is 2.53. The van der Waals surface area contributed by atoms with Gasteiger partial charge in [0.1, 0.15) is 5.75 Å². The molecule has 2 aromatic rings. The van der Waals surface area contributed by atoms with E-state index in [0.717, 1.165) is 16.3 Å². The molecule has 4 nitrogen and oxygen atoms in total. The lowest BCUT2D eigenvalue weighted by Crippen LogP contribution is -2.14. The lowest BCUT2D eigenvalue weighted by molar-refractivity contribution is 0.0694. The molecule has 0 radical (unpaired) electrons. The molecule has 0 aliphatic carbocycles. The van der Waals surface area contributed by atoms with E-state index in [9.17, 15) is 9.90 Å². The minimum absolute atomic E-state index is 0.315. The van der Waals surface area contributed by atoms with Crippen molar-refractivity contribution >= 4 is 29.1 Å². The second-order valence-electron chi connectivity index (χ2n) is 4.42. The molecule has 0 atom stereocenters. The zero-order chi connectivity index (χ0) is 15.4. The first-order chi connectivity index (χ1) is 10.1. The quantitative estimate of drug-likeness (QED) is 0.849. The van der Waals surface area contributed by atoms with Crippen LogP contribution < -0.4 is 9.64 Å². The van der Waals surface area contributed by atoms with Crippen molar-refractivity contribution in [3.63, 3.8) is 0 Å². The van der Waals surface area contributed by atoms with Crippen LogP contribution in [-0.4, -0.2) is 31.5 Å². The van der Waals surface area contributed by atoms with Crippen LogP contribution in [0.25, 0.3) is 0 Å². The summed E-state index contributed by atoms with van der Waals surface area (Å²) in [6.07, 6.45) is 1.87. The molecule has 0 amide bonds. The van der Waals surface area contributed by atoms with Gasteiger partial charge in [0, 0.05) is 23.7 Å². The number of nitrogens with zero attached hydrogens (tertiary/aromatic N) is 1. The van der Waals surface area contributed by atoms with Crippen LogP contribution in [0.15, 0.2) is 47.4 Å². The number of rotatable bonds is 5. The van der Waals surface area contributed by atoms with Crippen LogP contribution in [0.2, 0.25) is 0 Å². The van der Waals surface area contributed by atoms with Gasteiger partial charge in [-0.25, -0.2) is 4.79 Å². The summed E-state index contributed by atoms with van der Waals surface area (Å²) in [5, 5.41) is 9.51. The molecule has 2 rings (SSSR count). The number of hydrogen-bond donors (Lipinski definition) is 1. The van der Waals surface area contributed by atoms with Gasteiger partial charge in [0.2, 0.25) is 0 Å². The van der Waals surface area contributed by atoms with E-state index in [2.05, 4.69) is 0 Å². The van der Waals surface area contributed by atoms with Crippen LogP contribution in [-0.2, 0) is 0 Å². The molecule has 0 bridgehead atoms. The molecule has 0 aromatic heterocycles. The zero-order valence-electron chi connectivity index (χ0n) is 12.2. The van der Waals surface area contributed by atoms with E-state index in [1.807, 2.05) is 60.7 Å². The van der Waals surface area contributed by atoms with Crippen LogP contribution in [0.5, 0.6) is 5.75 Å². The first-order valence-electron chi connectivity index (χ1n) is 6.36. The molecule has 0 aliphatic rings. The Hall–Kier alpha value is -2.14. The zero-order valence-corrected chi connectivity index (χ0v) is 13.0. The third-order valence-corrected chi connectivity index (χ3v) is 4.02. The fourth-order valence-corrected chi connectivity index (χ4v) is 2.75. The topological polar surface area (TPSA) is 49.8 Å². The Kier molecular flexibility index (Phi) is 4.75. The smallest absolute Gasteiger partial charge is 0.338 e. The van der Waals surface area contributed by atoms with E-state index in [1.165, 1.54) is 11.8 Å². The molecule has 5 heteroatoms. The highest BCUT2D eigenvalue weighted by molar-refractivity contribution is 7.98. The Morgan fingerprint density at radius 3 is 2.57 bits per heavy atom. The van der Waals surface area contributed by atoms with Crippen molar-refractivity contribution in [2.75, 3.05) is 25.3 Å². The van der Waals surface area contributed by atoms with Gasteiger partial charge in [0.15, 0.2) is 0 Å². The third kappa shape index (κ3) is 3.13. The molecule has 0 saturated carbocycles. The first kappa shape index (κ1) is 15.3. The van der Waals surface area contributed by atoms with Crippen molar-refractivity contribution in [2.24, 2.45) is 0 Å². The van der Waals surface area contributed by atoms with E-state index < -0.39 is 5.97 Å². The highest BCUT2D eigenvalue weighted by atomic mass is 32.2. The Morgan fingerprint density at radius 2 is 1.95 bits per heavy atom. The number of carboxylic acids is 1. The number of aromatic carboxylic acids is 1. The summed E-state index contributed by atoms with van der Waals surface area (Å²) >= 11 is 1.43. The molecular formula is C16H17NO3S. The molecule has 2 aromatic carbocycles. The van der Waals surface area contributed by atoms with Crippen molar-refractivity contribution in [2.45, 2.75) is 4.90 Å². The summed E-state index contributed by atoms with van der Waals surface area (Å²) < 4.78 is 5.22. The highest BCUT2D eigenvalue weighted by Crippen LogP contribution is 2.33. The van der Waals surface area contributed by atoms with Crippen molar-refractivity contribution < 1.29 is 14.6 Å². The molecule has 0 heterocycles. The van der Waals surface area contributed by atoms with Crippen molar-refractivity contribution in [3.8, 4) is 5.75 Å². The SMILES string of the molecule is COc1cccc(N(C)c2cccc(SC)c2C(=O)O)c1. The third-order valence-electron chi connectivity index (χ3n) is 3.24. The molecule has 0 spiro atoms. The maximum Gasteiger partial charge on any atom is 0.338 e. The van der Waals surface area contributed by atoms with Crippen molar-refractivity contribution in [1.82, 2.24) is 0 Å². The van der Waals surface area contributed by atoms with Crippen LogP contribution in [0.1, 0.15) is 10.4 Å². The van der Waals surface area contributed by atoms with Gasteiger partial charge in [-0.1, -0.05) is 12.1 Å². The number of thioether (sulfide) groups is 1. The number of hydrogen-bond acceptors (Lipinski definition) is 4. The maximum absolute atomic E-state index is 11.6. The van der Waals surface area contributed by atoms with E-state index >= 15 is 0 Å². The predicted molar refractivity (Wildman–Crippen MR) is 86.2 cm³/mol. The van der Waals surface area contributed by atoms with Crippen LogP contribution in [0, 0.1) is 0 Å². The van der Waals surface area contributed by atoms with E-state index in [4.69, 9.17) is 4.74 Å². The van der Waals surface area contributed by atoms with Gasteiger partial charge in [0.25, 0.3) is 0 Å². The molecule has 1 N–H and O–H groups in total. The monoisotopic (exact) mass is 303 g/mol. The number of ether oxygens (including phenoxy) is 1. The maximum atomic E-state index is 11.6. The summed E-state index contributed by atoms with van der Waals surface area (Å²) in [5.74, 6) is -0.193. The Bertz CT molecular complexity index is 658. The Morgan fingerprint density at radius 1 is 1.24 bits per heavy atom. The second kappa shape index (κ2) is 6.54. The van der Waals surface area contributed by atoms with Gasteiger partial charge in [-0.2, -0.15) is 0 Å². The van der Waals surface area contributed by atoms with Gasteiger partial charge in [-0.05, 0) is 30.5 Å². The Balaban J connectivity index is 2.52. The number of benzene rings is 2. The molecule has 0 saturated heterocycles. The Labute approximate surface area is 128 Å². The number of carboxylic acid groups (broad SMARTS) is 1. The summed E-state index contributed by atoms with van der Waals surface area (Å²) in [6, 6.07) is 13.0. The fourth-order valence-electron chi connectivity index (χ4n) is 2.14. The summed E-state index contributed by atoms with van der Waals surface area (Å²) in [7, 11) is 3.46. The minimum atomic E-state index is -0.926. The number of carbonyl (C=O) groups is 1. The van der Waals surface area contributed by atoms with Gasteiger partial charge in [-0.3, -0.25) is 0 Å². The normalized spacial score (nSPS) is 10.2. The molecular weight excluding hydrogens is 286 g/mol. The molecule has 0 unspecified atom stereocenters. The summed E-state index contributed by atoms with van der Waals surface area (Å²) in [4.78, 5) is 14.2. The van der Waals surface area contributed by atoms with Gasteiger partial charge < -0.3 is 14.7 Å². The highest BCUT2D eigenvalue weighted by Gasteiger charge is 2.18. The molecule has 110 valence electrons. The summed E-state index contributed by atoms with van der Waals surface area (Å²) in [5.41, 5.74) is 1.84. The fraction of sp³-hybridized carbons (Fsp3) is 0.188. The lowest BCUT2D eigenvalue weighted by atomic mass is 10.1. The van der Waals surface area contributed by atoms with Crippen molar-refractivity contribution in [3.05, 3.63) is 48.0 Å². The molecule has 0 fully saturated rings. The second-order valence-corrected chi connectivity index (χ2v) is 5.27. The number of anilines is 2. The molecule has 21 heavy (non-hydrogen) atoms. The standard InChI is InChI=1S/C16H17NO3S/c1-17(11-6-4-7-12(10-11)20-2)13-8-5-9-14(21-3)15(13)16(18)19/h4-10H,1-3H3,(H,18,19). The van der Waals surface area contributed by atoms with Gasteiger partial charge >= 0.3 is 5.97 Å². The lowest BCUT2D eigenvalue weighted by Gasteiger charge is -2.23. The largest absolute Gasteiger partial charge is 0.497 e. The van der Waals surface area contributed by atoms with E-state index in [0.29, 0.717) is 11.3 Å². The molecule has 0 aliphatic heterocycles. The van der Waals surface area contributed by atoms with E-state index in [-0.39, 0.29) is 0 Å². The van der Waals surface area contributed by atoms with Crippen molar-refractivity contribution in [1.29, 1.82) is 0 Å². The van der Waals surface area contributed by atoms with Gasteiger partial charge in [-0.15, -0.1) is 11.8 Å². The average molecular weight is 303 g/mol. The van der Waals surface area contributed by atoms with Crippen LogP contribution in [0.3, 0.4) is 0 Å². The number of methoxy groups -OCH3 is 1. The van der Waals surface area contributed by atoms with Crippen LogP contribution in [0.4, 0.5) is 11.4 Å². The summed E-state index contributed by atoms with van der Waals surface area (Å²) in [6.45, 7) is 0. The predicted octanol–water partition coefficient (Wildman–Crippen LogP) is 3.88. The van der Waals surface area contributed by atoms with E-state index in [1.54, 1.807) is 7.11 Å².